The van der Waals surface area contributed by atoms with E-state index in [4.69, 9.17) is 4.98 Å². The predicted octanol–water partition coefficient (Wildman–Crippen LogP) is 4.26. The van der Waals surface area contributed by atoms with Gasteiger partial charge in [-0.3, -0.25) is 5.10 Å². The molecule has 0 radical (unpaired) electrons. The number of aromatic amines is 1. The zero-order valence-electron chi connectivity index (χ0n) is 16.0. The lowest BCUT2D eigenvalue weighted by atomic mass is 10.1. The fourth-order valence-corrected chi connectivity index (χ4v) is 4.86. The lowest BCUT2D eigenvalue weighted by molar-refractivity contribution is 0.146. The normalized spacial score (nSPS) is 12.2. The maximum atomic E-state index is 13.1. The molecule has 0 aliphatic carbocycles. The quantitative estimate of drug-likeness (QED) is 0.476. The van der Waals surface area contributed by atoms with Crippen LogP contribution in [0.3, 0.4) is 0 Å². The summed E-state index contributed by atoms with van der Waals surface area (Å²) in [6.45, 7) is 5.78. The van der Waals surface area contributed by atoms with Gasteiger partial charge in [0.25, 0.3) is 6.43 Å². The van der Waals surface area contributed by atoms with Crippen LogP contribution >= 0.6 is 11.3 Å². The van der Waals surface area contributed by atoms with E-state index in [1.807, 2.05) is 13.8 Å². The lowest BCUT2D eigenvalue weighted by Crippen LogP contribution is -1.96. The third-order valence-corrected chi connectivity index (χ3v) is 6.20. The lowest BCUT2D eigenvalue weighted by Gasteiger charge is -2.01. The van der Waals surface area contributed by atoms with Crippen molar-refractivity contribution in [2.75, 3.05) is 0 Å². The third kappa shape index (κ3) is 2.86. The second-order valence-corrected chi connectivity index (χ2v) is 8.08. The van der Waals surface area contributed by atoms with Crippen molar-refractivity contribution in [1.29, 1.82) is 0 Å². The highest BCUT2D eigenvalue weighted by atomic mass is 32.1. The van der Waals surface area contributed by atoms with Gasteiger partial charge < -0.3 is 0 Å². The Morgan fingerprint density at radius 2 is 2.00 bits per heavy atom. The van der Waals surface area contributed by atoms with Crippen molar-refractivity contribution in [3.05, 3.63) is 46.4 Å². The van der Waals surface area contributed by atoms with E-state index in [-0.39, 0.29) is 5.69 Å². The monoisotopic (exact) mass is 413 g/mol. The van der Waals surface area contributed by atoms with Crippen LogP contribution in [0.2, 0.25) is 0 Å². The molecule has 10 heteroatoms. The molecular formula is C19H17F2N7S. The van der Waals surface area contributed by atoms with E-state index in [2.05, 4.69) is 25.3 Å². The zero-order valence-corrected chi connectivity index (χ0v) is 16.8. The van der Waals surface area contributed by atoms with E-state index in [1.165, 1.54) is 23.0 Å². The number of alkyl halides is 2. The first-order chi connectivity index (χ1) is 13.9. The molecule has 0 aliphatic heterocycles. The Bertz CT molecular complexity index is 1360. The highest BCUT2D eigenvalue weighted by Crippen LogP contribution is 2.36. The van der Waals surface area contributed by atoms with Crippen molar-refractivity contribution in [3.63, 3.8) is 0 Å². The summed E-state index contributed by atoms with van der Waals surface area (Å²) in [4.78, 5) is 13.9. The molecule has 5 heterocycles. The van der Waals surface area contributed by atoms with Crippen LogP contribution < -0.4 is 0 Å². The smallest absolute Gasteiger partial charge is 0.280 e. The topological polar surface area (TPSA) is 84.6 Å². The number of hydrogen-bond acceptors (Lipinski definition) is 6. The molecule has 0 spiro atoms. The Hall–Kier alpha value is -3.01. The van der Waals surface area contributed by atoms with Gasteiger partial charge in [-0.05, 0) is 44.4 Å². The van der Waals surface area contributed by atoms with Gasteiger partial charge in [0.1, 0.15) is 21.6 Å². The van der Waals surface area contributed by atoms with Gasteiger partial charge in [0, 0.05) is 17.5 Å². The van der Waals surface area contributed by atoms with Crippen molar-refractivity contribution < 1.29 is 8.78 Å². The number of aryl methyl sites for hydroxylation is 4. The highest BCUT2D eigenvalue weighted by Gasteiger charge is 2.19. The molecule has 5 aromatic heterocycles. The van der Waals surface area contributed by atoms with Gasteiger partial charge in [0.05, 0.1) is 11.2 Å². The number of rotatable bonds is 4. The van der Waals surface area contributed by atoms with E-state index < -0.39 is 6.43 Å². The number of halogens is 2. The van der Waals surface area contributed by atoms with E-state index in [0.29, 0.717) is 22.7 Å². The summed E-state index contributed by atoms with van der Waals surface area (Å²) in [7, 11) is 0. The summed E-state index contributed by atoms with van der Waals surface area (Å²) in [6.07, 6.45) is 0.467. The molecule has 0 amide bonds. The van der Waals surface area contributed by atoms with Gasteiger partial charge in [-0.2, -0.15) is 5.10 Å². The fraction of sp³-hybridized carbons (Fsp3) is 0.316. The molecule has 29 heavy (non-hydrogen) atoms. The van der Waals surface area contributed by atoms with Gasteiger partial charge in [0.15, 0.2) is 11.5 Å². The highest BCUT2D eigenvalue weighted by molar-refractivity contribution is 7.26. The van der Waals surface area contributed by atoms with Crippen LogP contribution in [-0.4, -0.2) is 34.8 Å². The first-order valence-corrected chi connectivity index (χ1v) is 9.96. The van der Waals surface area contributed by atoms with Crippen molar-refractivity contribution in [3.8, 4) is 0 Å². The van der Waals surface area contributed by atoms with Crippen LogP contribution in [-0.2, 0) is 12.8 Å². The number of pyridine rings is 1. The molecule has 0 fully saturated rings. The number of H-pyrrole nitrogens is 1. The van der Waals surface area contributed by atoms with Gasteiger partial charge in [-0.15, -0.1) is 16.4 Å². The molecule has 5 rings (SSSR count). The zero-order chi connectivity index (χ0) is 20.3. The predicted molar refractivity (Wildman–Crippen MR) is 107 cm³/mol. The SMILES string of the molecule is Cc1n[nH]c(C)c1CCc1nc2c3sc4nc(C(F)F)cc(C)c4c3ncn2n1. The summed E-state index contributed by atoms with van der Waals surface area (Å²) >= 11 is 1.33. The van der Waals surface area contributed by atoms with Crippen molar-refractivity contribution in [2.45, 2.75) is 40.0 Å². The molecule has 148 valence electrons. The Balaban J connectivity index is 1.60. The van der Waals surface area contributed by atoms with E-state index in [1.54, 1.807) is 17.8 Å². The van der Waals surface area contributed by atoms with Gasteiger partial charge in [-0.25, -0.2) is 28.2 Å². The number of fused-ring (bicyclic) bond motifs is 5. The molecule has 7 nitrogen and oxygen atoms in total. The van der Waals surface area contributed by atoms with Crippen LogP contribution in [0.5, 0.6) is 0 Å². The average Bonchev–Trinajstić information content (AvgIpc) is 3.34. The van der Waals surface area contributed by atoms with Crippen LogP contribution in [0.1, 0.15) is 40.5 Å². The number of thiophene rings is 1. The Kier molecular flexibility index (Phi) is 4.05. The first-order valence-electron chi connectivity index (χ1n) is 9.15. The first kappa shape index (κ1) is 18.0. The number of nitrogens with zero attached hydrogens (tertiary/aromatic N) is 6. The van der Waals surface area contributed by atoms with Crippen LogP contribution in [0.4, 0.5) is 8.78 Å². The van der Waals surface area contributed by atoms with E-state index >= 15 is 0 Å². The molecule has 0 aliphatic rings. The minimum atomic E-state index is -2.61. The Labute approximate surface area is 167 Å². The Morgan fingerprint density at radius 1 is 1.17 bits per heavy atom. The van der Waals surface area contributed by atoms with Crippen LogP contribution in [0.15, 0.2) is 12.4 Å². The second-order valence-electron chi connectivity index (χ2n) is 7.08. The number of hydrogen-bond donors (Lipinski definition) is 1. The van der Waals surface area contributed by atoms with Crippen molar-refractivity contribution >= 4 is 37.4 Å². The maximum Gasteiger partial charge on any atom is 0.280 e. The van der Waals surface area contributed by atoms with Gasteiger partial charge >= 0.3 is 0 Å². The number of aromatic nitrogens is 7. The summed E-state index contributed by atoms with van der Waals surface area (Å²) in [5.41, 5.74) is 5.13. The van der Waals surface area contributed by atoms with Crippen molar-refractivity contribution in [1.82, 2.24) is 34.8 Å². The summed E-state index contributed by atoms with van der Waals surface area (Å²) in [6, 6.07) is 1.43. The summed E-state index contributed by atoms with van der Waals surface area (Å²) in [5, 5.41) is 12.6. The molecule has 0 bridgehead atoms. The Morgan fingerprint density at radius 3 is 2.72 bits per heavy atom. The maximum absolute atomic E-state index is 13.1. The molecular weight excluding hydrogens is 396 g/mol. The summed E-state index contributed by atoms with van der Waals surface area (Å²) < 4.78 is 28.7. The largest absolute Gasteiger partial charge is 0.282 e. The molecule has 0 unspecified atom stereocenters. The molecule has 0 saturated heterocycles. The molecule has 1 N–H and O–H groups in total. The van der Waals surface area contributed by atoms with E-state index in [0.717, 1.165) is 39.0 Å². The van der Waals surface area contributed by atoms with Crippen molar-refractivity contribution in [2.24, 2.45) is 0 Å². The summed E-state index contributed by atoms with van der Waals surface area (Å²) in [5.74, 6) is 0.703. The number of nitrogens with one attached hydrogen (secondary N) is 1. The van der Waals surface area contributed by atoms with Crippen LogP contribution in [0.25, 0.3) is 26.1 Å². The average molecular weight is 413 g/mol. The minimum absolute atomic E-state index is 0.217. The molecule has 0 saturated carbocycles. The molecule has 5 aromatic rings. The molecule has 0 aromatic carbocycles. The van der Waals surface area contributed by atoms with Gasteiger partial charge in [0.2, 0.25) is 0 Å². The second kappa shape index (κ2) is 6.51. The molecule has 0 atom stereocenters. The van der Waals surface area contributed by atoms with Crippen LogP contribution in [0, 0.1) is 20.8 Å². The standard InChI is InChI=1S/C19H17F2N7S/c1-8-6-12(17(20)21)23-19-14(8)15-16(29-19)18-24-13(27-28(18)7-22-15)5-4-11-9(2)25-26-10(11)3/h6-7,17H,4-5H2,1-3H3,(H,25,26). The van der Waals surface area contributed by atoms with Gasteiger partial charge in [-0.1, -0.05) is 0 Å². The van der Waals surface area contributed by atoms with E-state index in [9.17, 15) is 8.78 Å². The minimum Gasteiger partial charge on any atom is -0.282 e. The third-order valence-electron chi connectivity index (χ3n) is 5.13. The fourth-order valence-electron chi connectivity index (χ4n) is 3.68.